The predicted molar refractivity (Wildman–Crippen MR) is 80.6 cm³/mol. The Morgan fingerprint density at radius 2 is 2.05 bits per heavy atom. The van der Waals surface area contributed by atoms with Crippen LogP contribution in [0, 0.1) is 11.8 Å². The first-order valence-corrected chi connectivity index (χ1v) is 7.16. The van der Waals surface area contributed by atoms with Crippen molar-refractivity contribution in [1.82, 2.24) is 9.88 Å². The Morgan fingerprint density at radius 3 is 2.75 bits per heavy atom. The highest BCUT2D eigenvalue weighted by Gasteiger charge is 2.42. The van der Waals surface area contributed by atoms with Crippen LogP contribution in [0.3, 0.4) is 0 Å². The number of hydrogen-bond acceptors (Lipinski definition) is 3. The van der Waals surface area contributed by atoms with Crippen LogP contribution in [-0.4, -0.2) is 34.9 Å². The molecule has 1 aliphatic heterocycles. The summed E-state index contributed by atoms with van der Waals surface area (Å²) >= 11 is 0. The van der Waals surface area contributed by atoms with Gasteiger partial charge in [0.25, 0.3) is 0 Å². The van der Waals surface area contributed by atoms with Crippen molar-refractivity contribution < 1.29 is 4.79 Å². The zero-order chi connectivity index (χ0) is 13.2. The number of rotatable bonds is 3. The van der Waals surface area contributed by atoms with E-state index in [1.54, 1.807) is 12.4 Å². The minimum absolute atomic E-state index is 0. The summed E-state index contributed by atoms with van der Waals surface area (Å²) in [5.74, 6) is 1.48. The van der Waals surface area contributed by atoms with Gasteiger partial charge in [0.1, 0.15) is 0 Å². The van der Waals surface area contributed by atoms with E-state index in [1.807, 2.05) is 17.0 Å². The third kappa shape index (κ3) is 3.13. The van der Waals surface area contributed by atoms with Crippen molar-refractivity contribution in [2.45, 2.75) is 31.7 Å². The Balaban J connectivity index is 0.00000147. The van der Waals surface area contributed by atoms with Crippen molar-refractivity contribution in [3.63, 3.8) is 0 Å². The molecule has 3 unspecified atom stereocenters. The van der Waals surface area contributed by atoms with E-state index in [1.165, 1.54) is 12.0 Å². The van der Waals surface area contributed by atoms with Crippen molar-refractivity contribution in [3.05, 3.63) is 30.1 Å². The molecule has 4 nitrogen and oxygen atoms in total. The van der Waals surface area contributed by atoms with Gasteiger partial charge in [-0.25, -0.2) is 0 Å². The van der Waals surface area contributed by atoms with Crippen LogP contribution in [0.2, 0.25) is 0 Å². The van der Waals surface area contributed by atoms with Gasteiger partial charge in [0.15, 0.2) is 0 Å². The minimum Gasteiger partial charge on any atom is -0.342 e. The van der Waals surface area contributed by atoms with Crippen LogP contribution in [0.15, 0.2) is 24.5 Å². The molecule has 2 fully saturated rings. The summed E-state index contributed by atoms with van der Waals surface area (Å²) in [4.78, 5) is 18.2. The fraction of sp³-hybridized carbons (Fsp3) is 0.600. The first-order chi connectivity index (χ1) is 9.24. The number of aryl methyl sites for hydroxylation is 1. The number of aromatic nitrogens is 1. The first-order valence-electron chi connectivity index (χ1n) is 7.16. The number of carbonyl (C=O) groups excluding carboxylic acids is 1. The van der Waals surface area contributed by atoms with Gasteiger partial charge in [0.05, 0.1) is 0 Å². The molecular weight excluding hydrogens is 274 g/mol. The van der Waals surface area contributed by atoms with Gasteiger partial charge in [-0.1, -0.05) is 0 Å². The summed E-state index contributed by atoms with van der Waals surface area (Å²) in [5.41, 5.74) is 7.28. The van der Waals surface area contributed by atoms with Crippen LogP contribution in [0.4, 0.5) is 0 Å². The van der Waals surface area contributed by atoms with Crippen LogP contribution < -0.4 is 5.73 Å². The fourth-order valence-corrected chi connectivity index (χ4v) is 3.47. The van der Waals surface area contributed by atoms with Gasteiger partial charge in [0.2, 0.25) is 5.91 Å². The topological polar surface area (TPSA) is 59.2 Å². The Morgan fingerprint density at radius 1 is 1.30 bits per heavy atom. The maximum absolute atomic E-state index is 12.2. The maximum Gasteiger partial charge on any atom is 0.222 e. The molecule has 0 spiro atoms. The van der Waals surface area contributed by atoms with Gasteiger partial charge in [-0.15, -0.1) is 12.4 Å². The number of nitrogens with zero attached hydrogens (tertiary/aromatic N) is 2. The van der Waals surface area contributed by atoms with Gasteiger partial charge in [-0.2, -0.15) is 0 Å². The van der Waals surface area contributed by atoms with Crippen LogP contribution in [0.5, 0.6) is 0 Å². The Kier molecular flexibility index (Phi) is 5.00. The monoisotopic (exact) mass is 295 g/mol. The smallest absolute Gasteiger partial charge is 0.222 e. The van der Waals surface area contributed by atoms with E-state index in [9.17, 15) is 4.79 Å². The molecule has 5 heteroatoms. The standard InChI is InChI=1S/C15H21N3O.ClH/c16-14-3-2-12-9-18(10-13(12)14)15(19)4-1-11-5-7-17-8-6-11;/h5-8,12-14H,1-4,9-10,16H2;1H. The highest BCUT2D eigenvalue weighted by atomic mass is 35.5. The van der Waals surface area contributed by atoms with Crippen LogP contribution >= 0.6 is 12.4 Å². The SMILES string of the molecule is Cl.NC1CCC2CN(C(=O)CCc3ccncc3)CC12. The first kappa shape index (κ1) is 15.3. The van der Waals surface area contributed by atoms with E-state index in [4.69, 9.17) is 5.73 Å². The van der Waals surface area contributed by atoms with E-state index in [0.29, 0.717) is 24.3 Å². The molecule has 0 aromatic carbocycles. The number of hydrogen-bond donors (Lipinski definition) is 1. The quantitative estimate of drug-likeness (QED) is 0.922. The second kappa shape index (κ2) is 6.55. The molecule has 3 rings (SSSR count). The third-order valence-corrected chi connectivity index (χ3v) is 4.64. The number of halogens is 1. The van der Waals surface area contributed by atoms with E-state index < -0.39 is 0 Å². The lowest BCUT2D eigenvalue weighted by molar-refractivity contribution is -0.130. The summed E-state index contributed by atoms with van der Waals surface area (Å²) in [6.45, 7) is 1.80. The predicted octanol–water partition coefficient (Wildman–Crippen LogP) is 1.63. The van der Waals surface area contributed by atoms with Crippen molar-refractivity contribution in [2.24, 2.45) is 17.6 Å². The highest BCUT2D eigenvalue weighted by Crippen LogP contribution is 2.37. The number of amides is 1. The summed E-state index contributed by atoms with van der Waals surface area (Å²) in [6, 6.07) is 4.26. The molecule has 0 radical (unpaired) electrons. The number of carbonyl (C=O) groups is 1. The zero-order valence-corrected chi connectivity index (χ0v) is 12.4. The lowest BCUT2D eigenvalue weighted by Crippen LogP contribution is -2.33. The number of nitrogens with two attached hydrogens (primary N) is 1. The van der Waals surface area contributed by atoms with E-state index in [-0.39, 0.29) is 18.3 Å². The van der Waals surface area contributed by atoms with Gasteiger partial charge < -0.3 is 10.6 Å². The van der Waals surface area contributed by atoms with Crippen LogP contribution in [-0.2, 0) is 11.2 Å². The highest BCUT2D eigenvalue weighted by molar-refractivity contribution is 5.85. The molecule has 1 aromatic heterocycles. The molecular formula is C15H22ClN3O. The van der Waals surface area contributed by atoms with E-state index >= 15 is 0 Å². The molecule has 1 aromatic rings. The molecule has 1 saturated carbocycles. The summed E-state index contributed by atoms with van der Waals surface area (Å²) < 4.78 is 0. The normalized spacial score (nSPS) is 28.1. The van der Waals surface area contributed by atoms with Crippen LogP contribution in [0.1, 0.15) is 24.8 Å². The second-order valence-corrected chi connectivity index (χ2v) is 5.82. The van der Waals surface area contributed by atoms with Crippen molar-refractivity contribution in [3.8, 4) is 0 Å². The molecule has 2 heterocycles. The van der Waals surface area contributed by atoms with Crippen molar-refractivity contribution in [1.29, 1.82) is 0 Å². The molecule has 2 aliphatic rings. The number of fused-ring (bicyclic) bond motifs is 1. The summed E-state index contributed by atoms with van der Waals surface area (Å²) in [5, 5.41) is 0. The Labute approximate surface area is 126 Å². The fourth-order valence-electron chi connectivity index (χ4n) is 3.47. The lowest BCUT2D eigenvalue weighted by atomic mass is 9.98. The lowest BCUT2D eigenvalue weighted by Gasteiger charge is -2.18. The Bertz CT molecular complexity index is 454. The van der Waals surface area contributed by atoms with Gasteiger partial charge >= 0.3 is 0 Å². The third-order valence-electron chi connectivity index (χ3n) is 4.64. The zero-order valence-electron chi connectivity index (χ0n) is 11.6. The van der Waals surface area contributed by atoms with E-state index in [0.717, 1.165) is 25.9 Å². The molecule has 1 aliphatic carbocycles. The summed E-state index contributed by atoms with van der Waals surface area (Å²) in [6.07, 6.45) is 7.28. The van der Waals surface area contributed by atoms with Crippen molar-refractivity contribution >= 4 is 18.3 Å². The molecule has 0 bridgehead atoms. The van der Waals surface area contributed by atoms with Gasteiger partial charge in [0, 0.05) is 37.9 Å². The molecule has 1 amide bonds. The number of likely N-dealkylation sites (tertiary alicyclic amines) is 1. The van der Waals surface area contributed by atoms with Crippen molar-refractivity contribution in [2.75, 3.05) is 13.1 Å². The maximum atomic E-state index is 12.2. The second-order valence-electron chi connectivity index (χ2n) is 5.82. The van der Waals surface area contributed by atoms with Crippen LogP contribution in [0.25, 0.3) is 0 Å². The molecule has 3 atom stereocenters. The number of pyridine rings is 1. The average molecular weight is 296 g/mol. The minimum atomic E-state index is 0. The average Bonchev–Trinajstić information content (AvgIpc) is 3.00. The Hall–Kier alpha value is -1.13. The molecule has 1 saturated heterocycles. The van der Waals surface area contributed by atoms with Gasteiger partial charge in [-0.05, 0) is 48.8 Å². The van der Waals surface area contributed by atoms with Gasteiger partial charge in [-0.3, -0.25) is 9.78 Å². The molecule has 2 N–H and O–H groups in total. The van der Waals surface area contributed by atoms with E-state index in [2.05, 4.69) is 4.98 Å². The summed E-state index contributed by atoms with van der Waals surface area (Å²) in [7, 11) is 0. The molecule has 110 valence electrons. The largest absolute Gasteiger partial charge is 0.342 e. The molecule has 20 heavy (non-hydrogen) atoms.